The summed E-state index contributed by atoms with van der Waals surface area (Å²) in [7, 11) is 0. The molecule has 2 rings (SSSR count). The van der Waals surface area contributed by atoms with Crippen molar-refractivity contribution in [3.05, 3.63) is 51.7 Å². The van der Waals surface area contributed by atoms with E-state index < -0.39 is 0 Å². The van der Waals surface area contributed by atoms with Crippen molar-refractivity contribution in [2.24, 2.45) is 0 Å². The highest BCUT2D eigenvalue weighted by atomic mass is 79.9. The van der Waals surface area contributed by atoms with E-state index in [1.807, 2.05) is 36.4 Å². The number of nitrogens with zero attached hydrogens (tertiary/aromatic N) is 1. The van der Waals surface area contributed by atoms with Crippen molar-refractivity contribution in [1.29, 1.82) is 0 Å². The molecule has 1 aromatic heterocycles. The predicted octanol–water partition coefficient (Wildman–Crippen LogP) is 4.06. The van der Waals surface area contributed by atoms with Crippen molar-refractivity contribution < 1.29 is 9.47 Å². The third-order valence-corrected chi connectivity index (χ3v) is 3.27. The van der Waals surface area contributed by atoms with Crippen molar-refractivity contribution in [2.75, 3.05) is 13.2 Å². The lowest BCUT2D eigenvalue weighted by Gasteiger charge is -2.09. The van der Waals surface area contributed by atoms with Gasteiger partial charge in [-0.1, -0.05) is 15.9 Å². The Morgan fingerprint density at radius 3 is 2.39 bits per heavy atom. The Kier molecular flexibility index (Phi) is 5.01. The summed E-state index contributed by atoms with van der Waals surface area (Å²) in [6.45, 7) is 0.962. The lowest BCUT2D eigenvalue weighted by molar-refractivity contribution is 0.215. The van der Waals surface area contributed by atoms with Gasteiger partial charge in [-0.05, 0) is 52.3 Å². The van der Waals surface area contributed by atoms with E-state index in [1.165, 1.54) is 0 Å². The lowest BCUT2D eigenvalue weighted by Crippen LogP contribution is -2.09. The second kappa shape index (κ2) is 6.75. The van der Waals surface area contributed by atoms with Gasteiger partial charge in [0.25, 0.3) is 0 Å². The molecule has 0 amide bonds. The number of hydrogen-bond acceptors (Lipinski definition) is 3. The van der Waals surface area contributed by atoms with Gasteiger partial charge >= 0.3 is 0 Å². The third kappa shape index (κ3) is 3.99. The molecular formula is C13H11Br2NO2. The molecule has 0 fully saturated rings. The number of aromatic nitrogens is 1. The summed E-state index contributed by atoms with van der Waals surface area (Å²) in [6.07, 6.45) is 1.70. The van der Waals surface area contributed by atoms with Crippen LogP contribution in [0, 0.1) is 0 Å². The molecule has 0 N–H and O–H groups in total. The average Bonchev–Trinajstić information content (AvgIpc) is 2.39. The van der Waals surface area contributed by atoms with Gasteiger partial charge < -0.3 is 9.47 Å². The van der Waals surface area contributed by atoms with Crippen LogP contribution in [0.5, 0.6) is 11.5 Å². The monoisotopic (exact) mass is 371 g/mol. The van der Waals surface area contributed by atoms with Crippen LogP contribution in [0.3, 0.4) is 0 Å². The van der Waals surface area contributed by atoms with E-state index in [0.29, 0.717) is 17.8 Å². The molecule has 0 saturated heterocycles. The van der Waals surface area contributed by atoms with Crippen LogP contribution in [0.4, 0.5) is 0 Å². The summed E-state index contributed by atoms with van der Waals surface area (Å²) in [5.41, 5.74) is 0. The number of ether oxygens (including phenoxy) is 2. The normalized spacial score (nSPS) is 10.1. The first-order valence-corrected chi connectivity index (χ1v) is 6.96. The molecular weight excluding hydrogens is 362 g/mol. The number of benzene rings is 1. The highest BCUT2D eigenvalue weighted by Crippen LogP contribution is 2.21. The van der Waals surface area contributed by atoms with Crippen LogP contribution < -0.4 is 9.47 Å². The first-order chi connectivity index (χ1) is 8.75. The van der Waals surface area contributed by atoms with Gasteiger partial charge in [0.05, 0.1) is 0 Å². The zero-order chi connectivity index (χ0) is 12.8. The van der Waals surface area contributed by atoms with Gasteiger partial charge in [0.2, 0.25) is 0 Å². The Hall–Kier alpha value is -1.07. The Morgan fingerprint density at radius 1 is 0.944 bits per heavy atom. The van der Waals surface area contributed by atoms with E-state index in [9.17, 15) is 0 Å². The van der Waals surface area contributed by atoms with Crippen molar-refractivity contribution in [3.8, 4) is 11.5 Å². The molecule has 18 heavy (non-hydrogen) atoms. The molecule has 0 aliphatic carbocycles. The largest absolute Gasteiger partial charge is 0.490 e. The fraction of sp³-hybridized carbons (Fsp3) is 0.154. The second-order valence-corrected chi connectivity index (χ2v) is 5.11. The fourth-order valence-electron chi connectivity index (χ4n) is 1.32. The predicted molar refractivity (Wildman–Crippen MR) is 77.1 cm³/mol. The minimum atomic E-state index is 0.473. The van der Waals surface area contributed by atoms with Gasteiger partial charge in [-0.2, -0.15) is 0 Å². The van der Waals surface area contributed by atoms with Gasteiger partial charge in [-0.25, -0.2) is 4.98 Å². The number of pyridine rings is 1. The van der Waals surface area contributed by atoms with Gasteiger partial charge in [0, 0.05) is 10.7 Å². The maximum Gasteiger partial charge on any atom is 0.152 e. The maximum absolute atomic E-state index is 5.54. The van der Waals surface area contributed by atoms with E-state index in [0.717, 1.165) is 16.0 Å². The van der Waals surface area contributed by atoms with Crippen LogP contribution in [0.15, 0.2) is 51.7 Å². The Labute approximate surface area is 122 Å². The highest BCUT2D eigenvalue weighted by molar-refractivity contribution is 9.10. The van der Waals surface area contributed by atoms with E-state index in [2.05, 4.69) is 36.8 Å². The van der Waals surface area contributed by atoms with E-state index in [1.54, 1.807) is 6.20 Å². The van der Waals surface area contributed by atoms with Crippen LogP contribution in [0.1, 0.15) is 0 Å². The zero-order valence-electron chi connectivity index (χ0n) is 9.48. The van der Waals surface area contributed by atoms with Gasteiger partial charge in [-0.3, -0.25) is 0 Å². The molecule has 0 radical (unpaired) electrons. The highest BCUT2D eigenvalue weighted by Gasteiger charge is 2.00. The Balaban J connectivity index is 1.76. The molecule has 5 heteroatoms. The van der Waals surface area contributed by atoms with E-state index >= 15 is 0 Å². The second-order valence-electron chi connectivity index (χ2n) is 3.44. The topological polar surface area (TPSA) is 31.4 Å². The minimum Gasteiger partial charge on any atom is -0.490 e. The molecule has 2 aromatic rings. The summed E-state index contributed by atoms with van der Waals surface area (Å²) in [6, 6.07) is 11.4. The van der Waals surface area contributed by atoms with E-state index in [4.69, 9.17) is 9.47 Å². The molecule has 0 saturated carbocycles. The molecule has 0 bridgehead atoms. The Morgan fingerprint density at radius 2 is 1.67 bits per heavy atom. The molecule has 1 heterocycles. The van der Waals surface area contributed by atoms with Gasteiger partial charge in [-0.15, -0.1) is 0 Å². The van der Waals surface area contributed by atoms with Crippen molar-refractivity contribution >= 4 is 31.9 Å². The maximum atomic E-state index is 5.54. The molecule has 0 aliphatic heterocycles. The van der Waals surface area contributed by atoms with Crippen molar-refractivity contribution in [1.82, 2.24) is 4.98 Å². The SMILES string of the molecule is Brc1ccc(OCCOc2cccnc2Br)cc1. The van der Waals surface area contributed by atoms with Crippen LogP contribution in [0.25, 0.3) is 0 Å². The van der Waals surface area contributed by atoms with Crippen LogP contribution in [-0.4, -0.2) is 18.2 Å². The summed E-state index contributed by atoms with van der Waals surface area (Å²) < 4.78 is 12.8. The quantitative estimate of drug-likeness (QED) is 0.585. The lowest BCUT2D eigenvalue weighted by atomic mass is 10.3. The van der Waals surface area contributed by atoms with Crippen LogP contribution in [-0.2, 0) is 0 Å². The Bertz CT molecular complexity index is 503. The number of rotatable bonds is 5. The molecule has 0 atom stereocenters. The first kappa shape index (κ1) is 13.4. The fourth-order valence-corrected chi connectivity index (χ4v) is 1.95. The summed E-state index contributed by atoms with van der Waals surface area (Å²) >= 11 is 6.69. The van der Waals surface area contributed by atoms with Crippen molar-refractivity contribution in [2.45, 2.75) is 0 Å². The minimum absolute atomic E-state index is 0.473. The summed E-state index contributed by atoms with van der Waals surface area (Å²) in [4.78, 5) is 4.07. The standard InChI is InChI=1S/C13H11Br2NO2/c14-10-3-5-11(6-4-10)17-8-9-18-12-2-1-7-16-13(12)15/h1-7H,8-9H2. The number of hydrogen-bond donors (Lipinski definition) is 0. The molecule has 0 spiro atoms. The number of halogens is 2. The average molecular weight is 373 g/mol. The molecule has 0 unspecified atom stereocenters. The summed E-state index contributed by atoms with van der Waals surface area (Å²) in [5.74, 6) is 1.55. The zero-order valence-corrected chi connectivity index (χ0v) is 12.6. The third-order valence-electron chi connectivity index (χ3n) is 2.15. The molecule has 3 nitrogen and oxygen atoms in total. The molecule has 94 valence electrons. The van der Waals surface area contributed by atoms with E-state index in [-0.39, 0.29) is 0 Å². The first-order valence-electron chi connectivity index (χ1n) is 5.37. The smallest absolute Gasteiger partial charge is 0.152 e. The van der Waals surface area contributed by atoms with Gasteiger partial charge in [0.1, 0.15) is 23.6 Å². The van der Waals surface area contributed by atoms with Gasteiger partial charge in [0.15, 0.2) is 5.75 Å². The molecule has 0 aliphatic rings. The van der Waals surface area contributed by atoms with Crippen LogP contribution >= 0.6 is 31.9 Å². The summed E-state index contributed by atoms with van der Waals surface area (Å²) in [5, 5.41) is 0. The van der Waals surface area contributed by atoms with Crippen molar-refractivity contribution in [3.63, 3.8) is 0 Å². The molecule has 1 aromatic carbocycles. The van der Waals surface area contributed by atoms with Crippen LogP contribution in [0.2, 0.25) is 0 Å².